The van der Waals surface area contributed by atoms with Crippen molar-refractivity contribution >= 4 is 9.84 Å². The standard InChI is InChI=1S/C13H25NO3S/c1-9-10(6-8-17-9)18(15,16)11-5-7-13(2,3)12(11)14-4/h9-12,14H,5-8H2,1-4H3. The van der Waals surface area contributed by atoms with Crippen LogP contribution in [-0.2, 0) is 14.6 Å². The van der Waals surface area contributed by atoms with Gasteiger partial charge in [0.1, 0.15) is 0 Å². The Morgan fingerprint density at radius 2 is 1.89 bits per heavy atom. The first-order valence-corrected chi connectivity index (χ1v) is 8.43. The second-order valence-corrected chi connectivity index (χ2v) is 8.71. The average molecular weight is 275 g/mol. The summed E-state index contributed by atoms with van der Waals surface area (Å²) in [5.41, 5.74) is 0.0508. The molecule has 1 aliphatic carbocycles. The van der Waals surface area contributed by atoms with E-state index in [2.05, 4.69) is 19.2 Å². The predicted molar refractivity (Wildman–Crippen MR) is 72.4 cm³/mol. The molecule has 4 atom stereocenters. The summed E-state index contributed by atoms with van der Waals surface area (Å²) in [4.78, 5) is 0. The Balaban J connectivity index is 2.25. The lowest BCUT2D eigenvalue weighted by Crippen LogP contribution is -2.49. The van der Waals surface area contributed by atoms with Gasteiger partial charge in [0.15, 0.2) is 9.84 Å². The minimum Gasteiger partial charge on any atom is -0.377 e. The highest BCUT2D eigenvalue weighted by Gasteiger charge is 2.51. The molecular weight excluding hydrogens is 250 g/mol. The number of nitrogens with one attached hydrogen (secondary N) is 1. The third-order valence-corrected chi connectivity index (χ3v) is 7.56. The van der Waals surface area contributed by atoms with Gasteiger partial charge in [-0.15, -0.1) is 0 Å². The van der Waals surface area contributed by atoms with Crippen LogP contribution in [0, 0.1) is 5.41 Å². The van der Waals surface area contributed by atoms with Gasteiger partial charge in [-0.2, -0.15) is 0 Å². The number of hydrogen-bond donors (Lipinski definition) is 1. The zero-order valence-electron chi connectivity index (χ0n) is 11.8. The van der Waals surface area contributed by atoms with Crippen molar-refractivity contribution in [2.24, 2.45) is 5.41 Å². The first kappa shape index (κ1) is 14.3. The molecule has 0 bridgehead atoms. The van der Waals surface area contributed by atoms with Crippen LogP contribution in [0.1, 0.15) is 40.0 Å². The van der Waals surface area contributed by atoms with Crippen molar-refractivity contribution in [1.29, 1.82) is 0 Å². The van der Waals surface area contributed by atoms with Gasteiger partial charge in [-0.1, -0.05) is 13.8 Å². The highest BCUT2D eigenvalue weighted by Crippen LogP contribution is 2.42. The van der Waals surface area contributed by atoms with Gasteiger partial charge in [-0.3, -0.25) is 0 Å². The van der Waals surface area contributed by atoms with Crippen molar-refractivity contribution in [3.05, 3.63) is 0 Å². The van der Waals surface area contributed by atoms with E-state index in [0.717, 1.165) is 12.8 Å². The predicted octanol–water partition coefficient (Wildman–Crippen LogP) is 1.36. The first-order valence-electron chi connectivity index (χ1n) is 6.82. The summed E-state index contributed by atoms with van der Waals surface area (Å²) in [7, 11) is -1.24. The molecule has 4 unspecified atom stereocenters. The van der Waals surface area contributed by atoms with E-state index in [9.17, 15) is 8.42 Å². The summed E-state index contributed by atoms with van der Waals surface area (Å²) < 4.78 is 31.0. The Hall–Kier alpha value is -0.130. The molecule has 0 radical (unpaired) electrons. The number of ether oxygens (including phenoxy) is 1. The number of sulfone groups is 1. The molecule has 2 fully saturated rings. The van der Waals surface area contributed by atoms with E-state index in [1.54, 1.807) is 0 Å². The second-order valence-electron chi connectivity index (χ2n) is 6.32. The van der Waals surface area contributed by atoms with Gasteiger partial charge in [0.25, 0.3) is 0 Å². The van der Waals surface area contributed by atoms with Gasteiger partial charge in [0, 0.05) is 12.6 Å². The molecule has 0 aromatic heterocycles. The molecule has 5 heteroatoms. The fourth-order valence-corrected chi connectivity index (χ4v) is 6.46. The lowest BCUT2D eigenvalue weighted by molar-refractivity contribution is 0.126. The van der Waals surface area contributed by atoms with Crippen LogP contribution in [0.25, 0.3) is 0 Å². The van der Waals surface area contributed by atoms with Gasteiger partial charge in [0.2, 0.25) is 0 Å². The van der Waals surface area contributed by atoms with Gasteiger partial charge in [0.05, 0.1) is 16.6 Å². The molecule has 4 nitrogen and oxygen atoms in total. The Labute approximate surface area is 110 Å². The number of rotatable bonds is 3. The van der Waals surface area contributed by atoms with Crippen LogP contribution < -0.4 is 5.32 Å². The van der Waals surface area contributed by atoms with Crippen LogP contribution in [0.2, 0.25) is 0 Å². The molecule has 0 spiro atoms. The van der Waals surface area contributed by atoms with E-state index >= 15 is 0 Å². The second kappa shape index (κ2) is 4.76. The summed E-state index contributed by atoms with van der Waals surface area (Å²) in [5, 5.41) is 2.66. The zero-order chi connectivity index (χ0) is 13.6. The molecule has 18 heavy (non-hydrogen) atoms. The molecule has 1 N–H and O–H groups in total. The van der Waals surface area contributed by atoms with Crippen LogP contribution in [0.15, 0.2) is 0 Å². The lowest BCUT2D eigenvalue weighted by atomic mass is 9.87. The lowest BCUT2D eigenvalue weighted by Gasteiger charge is -2.31. The Kier molecular flexibility index (Phi) is 3.78. The highest BCUT2D eigenvalue weighted by atomic mass is 32.2. The minimum absolute atomic E-state index is 0.0508. The van der Waals surface area contributed by atoms with Crippen LogP contribution >= 0.6 is 0 Å². The topological polar surface area (TPSA) is 55.4 Å². The molecule has 2 rings (SSSR count). The first-order chi connectivity index (χ1) is 8.30. The Morgan fingerprint density at radius 1 is 1.22 bits per heavy atom. The van der Waals surface area contributed by atoms with Crippen LogP contribution in [0.4, 0.5) is 0 Å². The van der Waals surface area contributed by atoms with Gasteiger partial charge in [-0.05, 0) is 38.6 Å². The third kappa shape index (κ3) is 2.21. The van der Waals surface area contributed by atoms with E-state index in [4.69, 9.17) is 4.74 Å². The maximum Gasteiger partial charge on any atom is 0.160 e. The normalized spacial score (nSPS) is 40.2. The summed E-state index contributed by atoms with van der Waals surface area (Å²) in [5.74, 6) is 0. The number of hydrogen-bond acceptors (Lipinski definition) is 4. The van der Waals surface area contributed by atoms with Crippen LogP contribution in [0.5, 0.6) is 0 Å². The molecule has 0 aromatic carbocycles. The Bertz CT molecular complexity index is 404. The maximum absolute atomic E-state index is 12.8. The van der Waals surface area contributed by atoms with Crippen LogP contribution in [-0.4, -0.2) is 44.7 Å². The molecule has 1 saturated heterocycles. The maximum atomic E-state index is 12.8. The van der Waals surface area contributed by atoms with E-state index in [0.29, 0.717) is 13.0 Å². The minimum atomic E-state index is -3.11. The van der Waals surface area contributed by atoms with Crippen molar-refractivity contribution < 1.29 is 13.2 Å². The summed E-state index contributed by atoms with van der Waals surface area (Å²) in [6.07, 6.45) is 2.22. The average Bonchev–Trinajstić information content (AvgIpc) is 2.81. The molecule has 0 amide bonds. The molecule has 1 heterocycles. The quantitative estimate of drug-likeness (QED) is 0.845. The Morgan fingerprint density at radius 3 is 2.39 bits per heavy atom. The van der Waals surface area contributed by atoms with Crippen molar-refractivity contribution in [2.45, 2.75) is 62.7 Å². The fraction of sp³-hybridized carbons (Fsp3) is 1.00. The molecular formula is C13H25NO3S. The molecule has 1 saturated carbocycles. The SMILES string of the molecule is CNC1C(S(=O)(=O)C2CCOC2C)CCC1(C)C. The fourth-order valence-electron chi connectivity index (χ4n) is 3.64. The third-order valence-electron chi connectivity index (χ3n) is 4.75. The summed E-state index contributed by atoms with van der Waals surface area (Å²) >= 11 is 0. The van der Waals surface area contributed by atoms with Crippen molar-refractivity contribution in [2.75, 3.05) is 13.7 Å². The molecule has 1 aliphatic heterocycles. The largest absolute Gasteiger partial charge is 0.377 e. The van der Waals surface area contributed by atoms with Gasteiger partial charge < -0.3 is 10.1 Å². The zero-order valence-corrected chi connectivity index (χ0v) is 12.6. The monoisotopic (exact) mass is 275 g/mol. The summed E-state index contributed by atoms with van der Waals surface area (Å²) in [6, 6.07) is 0.0512. The highest BCUT2D eigenvalue weighted by molar-refractivity contribution is 7.92. The van der Waals surface area contributed by atoms with E-state index < -0.39 is 9.84 Å². The van der Waals surface area contributed by atoms with Crippen LogP contribution in [0.3, 0.4) is 0 Å². The van der Waals surface area contributed by atoms with Gasteiger partial charge in [-0.25, -0.2) is 8.42 Å². The van der Waals surface area contributed by atoms with Crippen molar-refractivity contribution in [3.63, 3.8) is 0 Å². The van der Waals surface area contributed by atoms with Gasteiger partial charge >= 0.3 is 0 Å². The molecule has 0 aromatic rings. The smallest absolute Gasteiger partial charge is 0.160 e. The molecule has 106 valence electrons. The van der Waals surface area contributed by atoms with Crippen molar-refractivity contribution in [3.8, 4) is 0 Å². The van der Waals surface area contributed by atoms with E-state index in [1.807, 2.05) is 14.0 Å². The van der Waals surface area contributed by atoms with Crippen molar-refractivity contribution in [1.82, 2.24) is 5.32 Å². The summed E-state index contributed by atoms with van der Waals surface area (Å²) in [6.45, 7) is 6.76. The molecule has 2 aliphatic rings. The van der Waals surface area contributed by atoms with E-state index in [1.165, 1.54) is 0 Å². The van der Waals surface area contributed by atoms with E-state index in [-0.39, 0.29) is 28.1 Å².